The van der Waals surface area contributed by atoms with Crippen LogP contribution in [0.5, 0.6) is 0 Å². The standard InChI is InChI=1S/C63H116O6/c1-4-7-10-13-15-17-19-20-21-22-23-24-25-26-27-28-29-30-31-32-33-34-35-36-37-38-39-40-41-42-44-45-47-50-53-56-62(65)68-59-60(58-67-61(64)55-52-49-12-9-6-3)69-63(66)57-54-51-48-46-43-18-16-14-11-8-5-2/h14,16,19-20,22-23,60H,4-13,15,17-18,21,24-59H2,1-3H3/b16-14-,20-19-,23-22-. The zero-order chi connectivity index (χ0) is 50.0. The maximum absolute atomic E-state index is 12.7. The Balaban J connectivity index is 3.79. The maximum atomic E-state index is 12.7. The normalized spacial score (nSPS) is 12.2. The van der Waals surface area contributed by atoms with Crippen molar-refractivity contribution in [3.63, 3.8) is 0 Å². The van der Waals surface area contributed by atoms with Gasteiger partial charge in [-0.15, -0.1) is 0 Å². The number of allylic oxidation sites excluding steroid dienone is 6. The van der Waals surface area contributed by atoms with Crippen LogP contribution in [0.4, 0.5) is 0 Å². The summed E-state index contributed by atoms with van der Waals surface area (Å²) in [6.45, 7) is 6.53. The average Bonchev–Trinajstić information content (AvgIpc) is 3.35. The predicted octanol–water partition coefficient (Wildman–Crippen LogP) is 20.4. The smallest absolute Gasteiger partial charge is 0.306 e. The largest absolute Gasteiger partial charge is 0.462 e. The summed E-state index contributed by atoms with van der Waals surface area (Å²) >= 11 is 0. The number of rotatable bonds is 56. The van der Waals surface area contributed by atoms with Gasteiger partial charge in [0.25, 0.3) is 0 Å². The Morgan fingerprint density at radius 1 is 0.290 bits per heavy atom. The number of esters is 3. The lowest BCUT2D eigenvalue weighted by molar-refractivity contribution is -0.167. The van der Waals surface area contributed by atoms with E-state index >= 15 is 0 Å². The van der Waals surface area contributed by atoms with Gasteiger partial charge in [-0.05, 0) is 70.6 Å². The van der Waals surface area contributed by atoms with Gasteiger partial charge in [0, 0.05) is 19.3 Å². The van der Waals surface area contributed by atoms with Crippen molar-refractivity contribution in [1.82, 2.24) is 0 Å². The predicted molar refractivity (Wildman–Crippen MR) is 298 cm³/mol. The fraction of sp³-hybridized carbons (Fsp3) is 0.857. The third-order valence-corrected chi connectivity index (χ3v) is 13.6. The molecule has 0 aliphatic heterocycles. The minimum absolute atomic E-state index is 0.0717. The van der Waals surface area contributed by atoms with Crippen molar-refractivity contribution >= 4 is 17.9 Å². The van der Waals surface area contributed by atoms with Crippen LogP contribution in [0.15, 0.2) is 36.5 Å². The first-order chi connectivity index (χ1) is 34.0. The van der Waals surface area contributed by atoms with E-state index < -0.39 is 6.10 Å². The third-order valence-electron chi connectivity index (χ3n) is 13.6. The molecule has 0 saturated heterocycles. The van der Waals surface area contributed by atoms with Crippen LogP contribution in [-0.2, 0) is 28.6 Å². The Kier molecular flexibility index (Phi) is 56.2. The van der Waals surface area contributed by atoms with E-state index in [4.69, 9.17) is 14.2 Å². The molecule has 0 spiro atoms. The molecule has 0 N–H and O–H groups in total. The Morgan fingerprint density at radius 3 is 0.855 bits per heavy atom. The average molecular weight is 970 g/mol. The van der Waals surface area contributed by atoms with Gasteiger partial charge in [0.1, 0.15) is 13.2 Å². The lowest BCUT2D eigenvalue weighted by Crippen LogP contribution is -2.30. The first-order valence-electron chi connectivity index (χ1n) is 30.5. The molecule has 0 aliphatic rings. The van der Waals surface area contributed by atoms with Crippen molar-refractivity contribution < 1.29 is 28.6 Å². The molecule has 0 amide bonds. The summed E-state index contributed by atoms with van der Waals surface area (Å²) < 4.78 is 16.7. The zero-order valence-corrected chi connectivity index (χ0v) is 46.3. The second kappa shape index (κ2) is 58.2. The summed E-state index contributed by atoms with van der Waals surface area (Å²) in [6.07, 6.45) is 70.9. The third kappa shape index (κ3) is 56.4. The van der Waals surface area contributed by atoms with E-state index in [1.54, 1.807) is 0 Å². The first kappa shape index (κ1) is 66.6. The van der Waals surface area contributed by atoms with E-state index in [-0.39, 0.29) is 31.1 Å². The number of carbonyl (C=O) groups is 3. The van der Waals surface area contributed by atoms with E-state index in [1.807, 2.05) is 0 Å². The lowest BCUT2D eigenvalue weighted by Gasteiger charge is -2.18. The highest BCUT2D eigenvalue weighted by atomic mass is 16.6. The van der Waals surface area contributed by atoms with Gasteiger partial charge in [0.15, 0.2) is 6.10 Å². The number of hydrogen-bond donors (Lipinski definition) is 0. The molecule has 0 saturated carbocycles. The summed E-state index contributed by atoms with van der Waals surface area (Å²) in [5, 5.41) is 0. The molecule has 404 valence electrons. The van der Waals surface area contributed by atoms with Gasteiger partial charge in [-0.2, -0.15) is 0 Å². The van der Waals surface area contributed by atoms with Gasteiger partial charge in [-0.3, -0.25) is 14.4 Å². The molecule has 69 heavy (non-hydrogen) atoms. The van der Waals surface area contributed by atoms with Gasteiger partial charge < -0.3 is 14.2 Å². The molecule has 0 radical (unpaired) electrons. The van der Waals surface area contributed by atoms with Crippen molar-refractivity contribution in [3.05, 3.63) is 36.5 Å². The highest BCUT2D eigenvalue weighted by Crippen LogP contribution is 2.17. The number of unbranched alkanes of at least 4 members (excludes halogenated alkanes) is 39. The molecule has 0 fully saturated rings. The number of ether oxygens (including phenoxy) is 3. The summed E-state index contributed by atoms with van der Waals surface area (Å²) in [4.78, 5) is 37.7. The van der Waals surface area contributed by atoms with Gasteiger partial charge in [-0.1, -0.05) is 276 Å². The lowest BCUT2D eigenvalue weighted by atomic mass is 10.0. The fourth-order valence-corrected chi connectivity index (χ4v) is 8.99. The molecule has 6 nitrogen and oxygen atoms in total. The highest BCUT2D eigenvalue weighted by molar-refractivity contribution is 5.71. The minimum atomic E-state index is -0.768. The molecule has 1 atom stereocenters. The van der Waals surface area contributed by atoms with Crippen LogP contribution in [0.1, 0.15) is 329 Å². The Morgan fingerprint density at radius 2 is 0.536 bits per heavy atom. The van der Waals surface area contributed by atoms with Crippen LogP contribution in [0, 0.1) is 0 Å². The fourth-order valence-electron chi connectivity index (χ4n) is 8.99. The molecule has 0 aliphatic carbocycles. The number of hydrogen-bond acceptors (Lipinski definition) is 6. The van der Waals surface area contributed by atoms with E-state index in [1.165, 1.54) is 212 Å². The van der Waals surface area contributed by atoms with Crippen LogP contribution >= 0.6 is 0 Å². The molecule has 0 heterocycles. The second-order valence-corrected chi connectivity index (χ2v) is 20.6. The van der Waals surface area contributed by atoms with Crippen molar-refractivity contribution in [2.24, 2.45) is 0 Å². The van der Waals surface area contributed by atoms with Crippen molar-refractivity contribution in [1.29, 1.82) is 0 Å². The molecule has 0 aromatic rings. The summed E-state index contributed by atoms with van der Waals surface area (Å²) in [6, 6.07) is 0. The van der Waals surface area contributed by atoms with Crippen LogP contribution in [0.3, 0.4) is 0 Å². The molecular formula is C63H116O6. The van der Waals surface area contributed by atoms with Crippen LogP contribution in [0.2, 0.25) is 0 Å². The molecule has 0 aromatic carbocycles. The maximum Gasteiger partial charge on any atom is 0.306 e. The monoisotopic (exact) mass is 969 g/mol. The van der Waals surface area contributed by atoms with Gasteiger partial charge in [0.05, 0.1) is 0 Å². The van der Waals surface area contributed by atoms with Crippen LogP contribution < -0.4 is 0 Å². The van der Waals surface area contributed by atoms with Crippen molar-refractivity contribution in [3.8, 4) is 0 Å². The van der Waals surface area contributed by atoms with E-state index in [0.29, 0.717) is 19.3 Å². The molecular weight excluding hydrogens is 853 g/mol. The van der Waals surface area contributed by atoms with Gasteiger partial charge in [-0.25, -0.2) is 0 Å². The van der Waals surface area contributed by atoms with E-state index in [0.717, 1.165) is 77.0 Å². The Hall–Kier alpha value is -2.37. The Bertz CT molecular complexity index is 1160. The molecule has 6 heteroatoms. The molecule has 0 aromatic heterocycles. The topological polar surface area (TPSA) is 78.9 Å². The first-order valence-corrected chi connectivity index (χ1v) is 30.5. The zero-order valence-electron chi connectivity index (χ0n) is 46.3. The molecule has 0 rings (SSSR count). The SMILES string of the molecule is CCCC/C=C\CCCCCCCC(=O)OC(COC(=O)CCCCCCC)COC(=O)CCCCCCCCCCCCCCCCCCCCCCCCC/C=C\C/C=C\CCCCCCC. The van der Waals surface area contributed by atoms with Gasteiger partial charge in [0.2, 0.25) is 0 Å². The van der Waals surface area contributed by atoms with Crippen LogP contribution in [0.25, 0.3) is 0 Å². The number of carbonyl (C=O) groups excluding carboxylic acids is 3. The molecule has 1 unspecified atom stereocenters. The van der Waals surface area contributed by atoms with Crippen molar-refractivity contribution in [2.45, 2.75) is 335 Å². The Labute approximate surface area is 429 Å². The molecule has 0 bridgehead atoms. The van der Waals surface area contributed by atoms with E-state index in [2.05, 4.69) is 57.2 Å². The summed E-state index contributed by atoms with van der Waals surface area (Å²) in [7, 11) is 0. The van der Waals surface area contributed by atoms with Crippen LogP contribution in [-0.4, -0.2) is 37.2 Å². The van der Waals surface area contributed by atoms with Crippen molar-refractivity contribution in [2.75, 3.05) is 13.2 Å². The van der Waals surface area contributed by atoms with E-state index in [9.17, 15) is 14.4 Å². The summed E-state index contributed by atoms with van der Waals surface area (Å²) in [5.41, 5.74) is 0. The second-order valence-electron chi connectivity index (χ2n) is 20.6. The minimum Gasteiger partial charge on any atom is -0.462 e. The highest BCUT2D eigenvalue weighted by Gasteiger charge is 2.19. The quantitative estimate of drug-likeness (QED) is 0.0261. The van der Waals surface area contributed by atoms with Gasteiger partial charge >= 0.3 is 17.9 Å². The summed E-state index contributed by atoms with van der Waals surface area (Å²) in [5.74, 6) is -0.883.